The first-order valence-electron chi connectivity index (χ1n) is 3.74. The topological polar surface area (TPSA) is 64.3 Å². The lowest BCUT2D eigenvalue weighted by atomic mass is 10.3. The molecular weight excluding hydrogens is 226 g/mol. The molecule has 14 heavy (non-hydrogen) atoms. The van der Waals surface area contributed by atoms with E-state index < -0.39 is 9.05 Å². The number of halogens is 1. The maximum absolute atomic E-state index is 10.9. The largest absolute Gasteiger partial charge is 0.298 e. The molecule has 2 aromatic heterocycles. The van der Waals surface area contributed by atoms with Crippen molar-refractivity contribution in [3.63, 3.8) is 0 Å². The van der Waals surface area contributed by atoms with Crippen molar-refractivity contribution < 1.29 is 8.42 Å². The third-order valence-corrected chi connectivity index (χ3v) is 2.70. The Bertz CT molecular complexity index is 590. The minimum absolute atomic E-state index is 0.371. The molecule has 0 bridgehead atoms. The van der Waals surface area contributed by atoms with Crippen molar-refractivity contribution in [1.82, 2.24) is 14.6 Å². The molecule has 0 saturated carbocycles. The standard InChI is InChI=1S/C7H6ClN3O2S/c1-5-2-3-6-9-7(14(8,12)13)10-11(6)4-5/h2-4H,1H3. The van der Waals surface area contributed by atoms with E-state index in [1.165, 1.54) is 4.52 Å². The van der Waals surface area contributed by atoms with Crippen LogP contribution in [0.15, 0.2) is 23.5 Å². The van der Waals surface area contributed by atoms with Crippen molar-refractivity contribution in [1.29, 1.82) is 0 Å². The Balaban J connectivity index is 2.75. The lowest BCUT2D eigenvalue weighted by molar-refractivity contribution is 0.601. The van der Waals surface area contributed by atoms with Crippen LogP contribution in [0.4, 0.5) is 0 Å². The van der Waals surface area contributed by atoms with Gasteiger partial charge in [-0.25, -0.2) is 12.9 Å². The van der Waals surface area contributed by atoms with Crippen molar-refractivity contribution in [2.75, 3.05) is 0 Å². The van der Waals surface area contributed by atoms with Gasteiger partial charge < -0.3 is 0 Å². The predicted molar refractivity (Wildman–Crippen MR) is 50.8 cm³/mol. The molecule has 2 heterocycles. The first-order valence-corrected chi connectivity index (χ1v) is 6.05. The van der Waals surface area contributed by atoms with Crippen LogP contribution in [0, 0.1) is 6.92 Å². The highest BCUT2D eigenvalue weighted by Crippen LogP contribution is 2.11. The fourth-order valence-corrected chi connectivity index (χ4v) is 1.65. The summed E-state index contributed by atoms with van der Waals surface area (Å²) in [4.78, 5) is 3.76. The van der Waals surface area contributed by atoms with Gasteiger partial charge in [-0.2, -0.15) is 4.98 Å². The summed E-state index contributed by atoms with van der Waals surface area (Å²) in [7, 11) is 1.26. The summed E-state index contributed by atoms with van der Waals surface area (Å²) < 4.78 is 23.2. The lowest BCUT2D eigenvalue weighted by Crippen LogP contribution is -1.94. The Labute approximate surface area is 84.8 Å². The summed E-state index contributed by atoms with van der Waals surface area (Å²) in [6, 6.07) is 3.49. The molecule has 0 N–H and O–H groups in total. The Kier molecular flexibility index (Phi) is 1.97. The second-order valence-electron chi connectivity index (χ2n) is 2.84. The zero-order valence-corrected chi connectivity index (χ0v) is 8.75. The van der Waals surface area contributed by atoms with Gasteiger partial charge in [-0.1, -0.05) is 6.07 Å². The fraction of sp³-hybridized carbons (Fsp3) is 0.143. The molecule has 2 aromatic rings. The van der Waals surface area contributed by atoms with E-state index in [-0.39, 0.29) is 5.16 Å². The van der Waals surface area contributed by atoms with E-state index in [1.54, 1.807) is 12.3 Å². The van der Waals surface area contributed by atoms with Gasteiger partial charge in [0.05, 0.1) is 0 Å². The van der Waals surface area contributed by atoms with E-state index in [0.717, 1.165) is 5.56 Å². The number of pyridine rings is 1. The maximum atomic E-state index is 10.9. The molecule has 0 radical (unpaired) electrons. The normalized spacial score (nSPS) is 12.1. The molecule has 0 aromatic carbocycles. The maximum Gasteiger partial charge on any atom is 0.298 e. The van der Waals surface area contributed by atoms with Crippen LogP contribution in [0.2, 0.25) is 0 Å². The minimum Gasteiger partial charge on any atom is -0.220 e. The van der Waals surface area contributed by atoms with E-state index in [9.17, 15) is 8.42 Å². The molecule has 5 nitrogen and oxygen atoms in total. The number of rotatable bonds is 1. The molecule has 0 aliphatic carbocycles. The van der Waals surface area contributed by atoms with Gasteiger partial charge in [0.25, 0.3) is 14.2 Å². The molecule has 0 spiro atoms. The van der Waals surface area contributed by atoms with Crippen LogP contribution in [0.5, 0.6) is 0 Å². The monoisotopic (exact) mass is 231 g/mol. The molecule has 0 aliphatic heterocycles. The van der Waals surface area contributed by atoms with Crippen molar-refractivity contribution in [3.05, 3.63) is 23.9 Å². The molecule has 2 rings (SSSR count). The number of hydrogen-bond donors (Lipinski definition) is 0. The van der Waals surface area contributed by atoms with Gasteiger partial charge in [0.2, 0.25) is 0 Å². The highest BCUT2D eigenvalue weighted by molar-refractivity contribution is 8.13. The van der Waals surface area contributed by atoms with E-state index in [0.29, 0.717) is 5.65 Å². The molecule has 0 saturated heterocycles. The van der Waals surface area contributed by atoms with E-state index in [4.69, 9.17) is 10.7 Å². The minimum atomic E-state index is -3.85. The summed E-state index contributed by atoms with van der Waals surface area (Å²) in [5, 5.41) is 3.36. The summed E-state index contributed by atoms with van der Waals surface area (Å²) in [5.41, 5.74) is 1.41. The Morgan fingerprint density at radius 2 is 2.14 bits per heavy atom. The predicted octanol–water partition coefficient (Wildman–Crippen LogP) is 0.965. The average molecular weight is 232 g/mol. The summed E-state index contributed by atoms with van der Waals surface area (Å²) in [5.74, 6) is 0. The first-order chi connectivity index (χ1) is 6.47. The third kappa shape index (κ3) is 1.58. The first kappa shape index (κ1) is 9.42. The van der Waals surface area contributed by atoms with Gasteiger partial charge in [-0.3, -0.25) is 0 Å². The molecule has 0 atom stereocenters. The lowest BCUT2D eigenvalue weighted by Gasteiger charge is -1.91. The van der Waals surface area contributed by atoms with Gasteiger partial charge in [0.1, 0.15) is 0 Å². The molecule has 0 aliphatic rings. The highest BCUT2D eigenvalue weighted by atomic mass is 35.7. The second-order valence-corrected chi connectivity index (χ2v) is 5.30. The number of aromatic nitrogens is 3. The molecule has 0 amide bonds. The Hall–Kier alpha value is -1.14. The Morgan fingerprint density at radius 3 is 2.79 bits per heavy atom. The zero-order valence-electron chi connectivity index (χ0n) is 7.18. The molecule has 7 heteroatoms. The molecule has 0 unspecified atom stereocenters. The number of aryl methyl sites for hydroxylation is 1. The van der Waals surface area contributed by atoms with Crippen molar-refractivity contribution in [3.8, 4) is 0 Å². The molecule has 0 fully saturated rings. The number of nitrogens with zero attached hydrogens (tertiary/aromatic N) is 3. The zero-order chi connectivity index (χ0) is 10.3. The van der Waals surface area contributed by atoms with Gasteiger partial charge in [0, 0.05) is 16.9 Å². The molecular formula is C7H6ClN3O2S. The summed E-state index contributed by atoms with van der Waals surface area (Å²) >= 11 is 0. The quantitative estimate of drug-likeness (QED) is 0.686. The number of fused-ring (bicyclic) bond motifs is 1. The van der Waals surface area contributed by atoms with Crippen LogP contribution in [0.1, 0.15) is 5.56 Å². The summed E-state index contributed by atoms with van der Waals surface area (Å²) in [6.45, 7) is 1.87. The van der Waals surface area contributed by atoms with Crippen LogP contribution in [-0.4, -0.2) is 23.0 Å². The van der Waals surface area contributed by atoms with Crippen LogP contribution >= 0.6 is 10.7 Å². The number of hydrogen-bond acceptors (Lipinski definition) is 4. The average Bonchev–Trinajstić information content (AvgIpc) is 2.45. The van der Waals surface area contributed by atoms with Crippen molar-refractivity contribution in [2.45, 2.75) is 12.1 Å². The van der Waals surface area contributed by atoms with E-state index in [2.05, 4.69) is 10.1 Å². The smallest absolute Gasteiger partial charge is 0.220 e. The van der Waals surface area contributed by atoms with Crippen LogP contribution in [0.25, 0.3) is 5.65 Å². The Morgan fingerprint density at radius 1 is 1.43 bits per heavy atom. The van der Waals surface area contributed by atoms with Gasteiger partial charge >= 0.3 is 0 Å². The van der Waals surface area contributed by atoms with Crippen LogP contribution < -0.4 is 0 Å². The van der Waals surface area contributed by atoms with Gasteiger partial charge in [0.15, 0.2) is 5.65 Å². The van der Waals surface area contributed by atoms with Gasteiger partial charge in [-0.15, -0.1) is 5.10 Å². The van der Waals surface area contributed by atoms with Crippen molar-refractivity contribution >= 4 is 25.4 Å². The molecule has 74 valence electrons. The fourth-order valence-electron chi connectivity index (χ4n) is 1.07. The second kappa shape index (κ2) is 2.93. The van der Waals surface area contributed by atoms with E-state index in [1.807, 2.05) is 13.0 Å². The van der Waals surface area contributed by atoms with E-state index >= 15 is 0 Å². The van der Waals surface area contributed by atoms with Crippen molar-refractivity contribution in [2.24, 2.45) is 0 Å². The SMILES string of the molecule is Cc1ccc2nc(S(=O)(=O)Cl)nn2c1. The third-order valence-electron chi connectivity index (χ3n) is 1.68. The van der Waals surface area contributed by atoms with Gasteiger partial charge in [-0.05, 0) is 18.6 Å². The van der Waals surface area contributed by atoms with Crippen LogP contribution in [0.3, 0.4) is 0 Å². The highest BCUT2D eigenvalue weighted by Gasteiger charge is 2.16. The summed E-state index contributed by atoms with van der Waals surface area (Å²) in [6.07, 6.45) is 1.67. The van der Waals surface area contributed by atoms with Crippen LogP contribution in [-0.2, 0) is 9.05 Å².